The van der Waals surface area contributed by atoms with E-state index in [1.165, 1.54) is 19.3 Å². The first-order valence-corrected chi connectivity index (χ1v) is 12.4. The Morgan fingerprint density at radius 2 is 2.00 bits per heavy atom. The normalized spacial score (nSPS) is 31.1. The van der Waals surface area contributed by atoms with Gasteiger partial charge in [0, 0.05) is 43.7 Å². The molecule has 3 heterocycles. The summed E-state index contributed by atoms with van der Waals surface area (Å²) < 4.78 is 5.52. The molecule has 1 spiro atoms. The van der Waals surface area contributed by atoms with Crippen LogP contribution in [0.2, 0.25) is 5.02 Å². The molecule has 1 aromatic heterocycles. The molecule has 6 rings (SSSR count). The minimum atomic E-state index is -0.454. The van der Waals surface area contributed by atoms with Crippen molar-refractivity contribution in [3.05, 3.63) is 29.4 Å². The first-order valence-electron chi connectivity index (χ1n) is 12.0. The number of aliphatic hydroxyl groups excluding tert-OH is 1. The monoisotopic (exact) mass is 470 g/mol. The number of pyridine rings is 1. The van der Waals surface area contributed by atoms with Gasteiger partial charge in [-0.25, -0.2) is 4.98 Å². The average Bonchev–Trinajstić information content (AvgIpc) is 3.48. The van der Waals surface area contributed by atoms with Gasteiger partial charge < -0.3 is 20.1 Å². The molecular formula is C25H31ClN4O3. The highest BCUT2D eigenvalue weighted by Crippen LogP contribution is 2.65. The summed E-state index contributed by atoms with van der Waals surface area (Å²) in [6.45, 7) is 6.38. The molecule has 2 aliphatic heterocycles. The van der Waals surface area contributed by atoms with Gasteiger partial charge in [-0.2, -0.15) is 0 Å². The van der Waals surface area contributed by atoms with E-state index in [2.05, 4.69) is 33.1 Å². The van der Waals surface area contributed by atoms with Crippen LogP contribution in [0.15, 0.2) is 24.4 Å². The van der Waals surface area contributed by atoms with Gasteiger partial charge in [-0.15, -0.1) is 0 Å². The molecule has 8 heteroatoms. The number of hydrogen-bond donors (Lipinski definition) is 2. The Bertz CT molecular complexity index is 1100. The summed E-state index contributed by atoms with van der Waals surface area (Å²) >= 11 is 6.67. The largest absolute Gasteiger partial charge is 0.389 e. The Morgan fingerprint density at radius 1 is 1.21 bits per heavy atom. The number of nitrogens with one attached hydrogen (secondary N) is 1. The zero-order chi connectivity index (χ0) is 22.8. The Morgan fingerprint density at radius 3 is 2.64 bits per heavy atom. The zero-order valence-corrected chi connectivity index (χ0v) is 19.8. The van der Waals surface area contributed by atoms with E-state index in [4.69, 9.17) is 16.3 Å². The van der Waals surface area contributed by atoms with Crippen LogP contribution in [0, 0.1) is 11.3 Å². The molecular weight excluding hydrogens is 440 g/mol. The third kappa shape index (κ3) is 3.60. The van der Waals surface area contributed by atoms with Gasteiger partial charge >= 0.3 is 0 Å². The smallest absolute Gasteiger partial charge is 0.229 e. The van der Waals surface area contributed by atoms with Crippen molar-refractivity contribution in [2.24, 2.45) is 11.3 Å². The molecule has 0 radical (unpaired) electrons. The number of nitrogens with zero attached hydrogens (tertiary/aromatic N) is 3. The number of benzene rings is 1. The van der Waals surface area contributed by atoms with Crippen molar-refractivity contribution in [3.63, 3.8) is 0 Å². The van der Waals surface area contributed by atoms with Gasteiger partial charge in [-0.1, -0.05) is 18.0 Å². The van der Waals surface area contributed by atoms with Crippen molar-refractivity contribution < 1.29 is 14.6 Å². The fourth-order valence-corrected chi connectivity index (χ4v) is 6.28. The van der Waals surface area contributed by atoms with Crippen LogP contribution in [0.3, 0.4) is 0 Å². The predicted octanol–water partition coefficient (Wildman–Crippen LogP) is 3.29. The summed E-state index contributed by atoms with van der Waals surface area (Å²) in [7, 11) is 0. The SMILES string of the molecule is C[C@@]1(N2CCN(c3cc4cc(NC(=O)C5CC56CCC6)ncc4cc3Cl)CC2)COC[C@@H]1O. The van der Waals surface area contributed by atoms with Gasteiger partial charge in [0.25, 0.3) is 0 Å². The summed E-state index contributed by atoms with van der Waals surface area (Å²) in [5.74, 6) is 0.875. The third-order valence-electron chi connectivity index (χ3n) is 8.62. The number of fused-ring (bicyclic) bond motifs is 1. The topological polar surface area (TPSA) is 77.9 Å². The first kappa shape index (κ1) is 21.6. The second-order valence-electron chi connectivity index (χ2n) is 10.5. The number of piperazine rings is 1. The van der Waals surface area contributed by atoms with E-state index in [0.717, 1.165) is 49.1 Å². The van der Waals surface area contributed by atoms with E-state index in [-0.39, 0.29) is 17.4 Å². The molecule has 2 aromatic rings. The average molecular weight is 471 g/mol. The van der Waals surface area contributed by atoms with Crippen LogP contribution in [-0.4, -0.2) is 71.9 Å². The summed E-state index contributed by atoms with van der Waals surface area (Å²) in [4.78, 5) is 21.8. The molecule has 2 saturated heterocycles. The van der Waals surface area contributed by atoms with Gasteiger partial charge in [-0.05, 0) is 55.2 Å². The molecule has 1 aromatic carbocycles. The maximum atomic E-state index is 12.7. The van der Waals surface area contributed by atoms with E-state index in [0.29, 0.717) is 29.5 Å². The second kappa shape index (κ2) is 7.80. The van der Waals surface area contributed by atoms with E-state index < -0.39 is 6.10 Å². The van der Waals surface area contributed by atoms with Crippen molar-refractivity contribution in [1.82, 2.24) is 9.88 Å². The van der Waals surface area contributed by atoms with Crippen LogP contribution in [0.1, 0.15) is 32.6 Å². The van der Waals surface area contributed by atoms with E-state index in [1.807, 2.05) is 12.1 Å². The molecule has 1 amide bonds. The minimum absolute atomic E-state index is 0.110. The van der Waals surface area contributed by atoms with E-state index in [9.17, 15) is 9.90 Å². The Labute approximate surface area is 199 Å². The molecule has 3 atom stereocenters. The summed E-state index contributed by atoms with van der Waals surface area (Å²) in [5, 5.41) is 16.1. The Hall–Kier alpha value is -1.93. The van der Waals surface area contributed by atoms with Gasteiger partial charge in [0.2, 0.25) is 5.91 Å². The van der Waals surface area contributed by atoms with Crippen LogP contribution < -0.4 is 10.2 Å². The highest BCUT2D eigenvalue weighted by molar-refractivity contribution is 6.34. The second-order valence-corrected chi connectivity index (χ2v) is 11.0. The summed E-state index contributed by atoms with van der Waals surface area (Å²) in [6, 6.07) is 6.01. The highest BCUT2D eigenvalue weighted by Gasteiger charge is 2.60. The Kier molecular flexibility index (Phi) is 5.11. The standard InChI is InChI=1S/C25H31ClN4O3/c1-24(15-33-14-21(24)31)30-7-5-29(6-8-30)20-10-16-11-22(27-13-17(16)9-19(20)26)28-23(32)18-12-25(18)3-2-4-25/h9-11,13,18,21,31H,2-8,12,14-15H2,1H3,(H,27,28,32)/t18?,21-,24+/m0/s1. The van der Waals surface area contributed by atoms with Crippen molar-refractivity contribution >= 4 is 39.8 Å². The number of ether oxygens (including phenoxy) is 1. The number of anilines is 2. The Balaban J connectivity index is 1.17. The van der Waals surface area contributed by atoms with Crippen LogP contribution in [-0.2, 0) is 9.53 Å². The fraction of sp³-hybridized carbons (Fsp3) is 0.600. The molecule has 0 bridgehead atoms. The lowest BCUT2D eigenvalue weighted by Crippen LogP contribution is -2.60. The van der Waals surface area contributed by atoms with Crippen LogP contribution >= 0.6 is 11.6 Å². The van der Waals surface area contributed by atoms with Crippen LogP contribution in [0.4, 0.5) is 11.5 Å². The number of amides is 1. The third-order valence-corrected chi connectivity index (χ3v) is 8.93. The molecule has 2 saturated carbocycles. The lowest BCUT2D eigenvalue weighted by Gasteiger charge is -2.45. The maximum Gasteiger partial charge on any atom is 0.229 e. The van der Waals surface area contributed by atoms with Crippen molar-refractivity contribution in [1.29, 1.82) is 0 Å². The van der Waals surface area contributed by atoms with E-state index >= 15 is 0 Å². The molecule has 4 fully saturated rings. The number of aromatic nitrogens is 1. The lowest BCUT2D eigenvalue weighted by atomic mass is 9.80. The van der Waals surface area contributed by atoms with Gasteiger partial charge in [0.15, 0.2) is 0 Å². The number of carbonyl (C=O) groups excluding carboxylic acids is 1. The van der Waals surface area contributed by atoms with Crippen molar-refractivity contribution in [2.75, 3.05) is 49.6 Å². The molecule has 4 aliphatic rings. The molecule has 2 N–H and O–H groups in total. The molecule has 176 valence electrons. The lowest BCUT2D eigenvalue weighted by molar-refractivity contribution is -0.118. The first-order chi connectivity index (χ1) is 15.9. The number of carbonyl (C=O) groups is 1. The quantitative estimate of drug-likeness (QED) is 0.714. The predicted molar refractivity (Wildman–Crippen MR) is 129 cm³/mol. The molecule has 1 unspecified atom stereocenters. The summed E-state index contributed by atoms with van der Waals surface area (Å²) in [5.41, 5.74) is 0.982. The van der Waals surface area contributed by atoms with Gasteiger partial charge in [0.1, 0.15) is 5.82 Å². The zero-order valence-electron chi connectivity index (χ0n) is 19.0. The van der Waals surface area contributed by atoms with Crippen LogP contribution in [0.25, 0.3) is 10.8 Å². The van der Waals surface area contributed by atoms with Gasteiger partial charge in [-0.3, -0.25) is 9.69 Å². The molecule has 7 nitrogen and oxygen atoms in total. The fourth-order valence-electron chi connectivity index (χ4n) is 5.99. The molecule has 33 heavy (non-hydrogen) atoms. The highest BCUT2D eigenvalue weighted by atomic mass is 35.5. The number of aliphatic hydroxyl groups is 1. The van der Waals surface area contributed by atoms with Gasteiger partial charge in [0.05, 0.1) is 35.6 Å². The summed E-state index contributed by atoms with van der Waals surface area (Å²) in [6.07, 6.45) is 5.99. The van der Waals surface area contributed by atoms with Crippen molar-refractivity contribution in [3.8, 4) is 0 Å². The minimum Gasteiger partial charge on any atom is -0.389 e. The number of hydrogen-bond acceptors (Lipinski definition) is 6. The number of rotatable bonds is 4. The number of halogens is 1. The van der Waals surface area contributed by atoms with E-state index in [1.54, 1.807) is 6.20 Å². The van der Waals surface area contributed by atoms with Crippen LogP contribution in [0.5, 0.6) is 0 Å². The molecule has 2 aliphatic carbocycles. The maximum absolute atomic E-state index is 12.7. The van der Waals surface area contributed by atoms with Crippen molar-refractivity contribution in [2.45, 2.75) is 44.2 Å².